The third kappa shape index (κ3) is 4.77. The van der Waals surface area contributed by atoms with Gasteiger partial charge in [-0.15, -0.1) is 0 Å². The smallest absolute Gasteiger partial charge is 0.319 e. The van der Waals surface area contributed by atoms with Crippen LogP contribution in [0, 0.1) is 0 Å². The quantitative estimate of drug-likeness (QED) is 0.761. The molecule has 110 valence electrons. The number of benzene rings is 1. The minimum atomic E-state index is -0.224. The number of methoxy groups -OCH3 is 1. The number of carbonyl (C=O) groups is 1. The standard InChI is InChI=1S/C14H18BrNO4/c1-18-14(17)9-16-5-6-19-13(8-16)10-20-12-4-2-3-11(15)7-12/h2-4,7,13H,5-6,8-10H2,1H3/t13-/m1/s1. The maximum absolute atomic E-state index is 11.3. The zero-order valence-electron chi connectivity index (χ0n) is 11.4. The molecule has 0 radical (unpaired) electrons. The largest absolute Gasteiger partial charge is 0.491 e. The van der Waals surface area contributed by atoms with Crippen molar-refractivity contribution in [2.24, 2.45) is 0 Å². The van der Waals surface area contributed by atoms with Crippen LogP contribution in [0.2, 0.25) is 0 Å². The van der Waals surface area contributed by atoms with Crippen LogP contribution >= 0.6 is 15.9 Å². The van der Waals surface area contributed by atoms with Crippen molar-refractivity contribution in [2.75, 3.05) is 40.0 Å². The average molecular weight is 344 g/mol. The van der Waals surface area contributed by atoms with Gasteiger partial charge < -0.3 is 14.2 Å². The van der Waals surface area contributed by atoms with Crippen molar-refractivity contribution < 1.29 is 19.0 Å². The fourth-order valence-electron chi connectivity index (χ4n) is 2.02. The lowest BCUT2D eigenvalue weighted by atomic mass is 10.3. The number of nitrogens with zero attached hydrogens (tertiary/aromatic N) is 1. The Morgan fingerprint density at radius 1 is 1.55 bits per heavy atom. The van der Waals surface area contributed by atoms with Crippen LogP contribution in [-0.4, -0.2) is 56.9 Å². The summed E-state index contributed by atoms with van der Waals surface area (Å²) in [5, 5.41) is 0. The monoisotopic (exact) mass is 343 g/mol. The molecule has 1 aliphatic heterocycles. The zero-order chi connectivity index (χ0) is 14.4. The van der Waals surface area contributed by atoms with E-state index in [1.54, 1.807) is 0 Å². The van der Waals surface area contributed by atoms with E-state index in [4.69, 9.17) is 9.47 Å². The number of ether oxygens (including phenoxy) is 3. The summed E-state index contributed by atoms with van der Waals surface area (Å²) in [5.74, 6) is 0.576. The number of hydrogen-bond acceptors (Lipinski definition) is 5. The molecule has 2 rings (SSSR count). The molecule has 1 atom stereocenters. The molecule has 1 aromatic rings. The number of esters is 1. The lowest BCUT2D eigenvalue weighted by molar-refractivity contribution is -0.144. The highest BCUT2D eigenvalue weighted by Crippen LogP contribution is 2.18. The second kappa shape index (κ2) is 7.61. The van der Waals surface area contributed by atoms with Crippen LogP contribution in [0.5, 0.6) is 5.75 Å². The van der Waals surface area contributed by atoms with E-state index in [0.717, 1.165) is 16.8 Å². The summed E-state index contributed by atoms with van der Waals surface area (Å²) in [6.45, 7) is 2.77. The molecular weight excluding hydrogens is 326 g/mol. The van der Waals surface area contributed by atoms with Crippen LogP contribution in [0.15, 0.2) is 28.7 Å². The summed E-state index contributed by atoms with van der Waals surface area (Å²) in [6.07, 6.45) is -0.0348. The Kier molecular flexibility index (Phi) is 5.82. The lowest BCUT2D eigenvalue weighted by Gasteiger charge is -2.31. The second-order valence-corrected chi connectivity index (χ2v) is 5.49. The van der Waals surface area contributed by atoms with Crippen LogP contribution < -0.4 is 4.74 Å². The highest BCUT2D eigenvalue weighted by atomic mass is 79.9. The normalized spacial score (nSPS) is 19.6. The molecule has 1 saturated heterocycles. The Morgan fingerprint density at radius 2 is 2.40 bits per heavy atom. The Bertz CT molecular complexity index is 455. The van der Waals surface area contributed by atoms with Crippen molar-refractivity contribution in [1.29, 1.82) is 0 Å². The van der Waals surface area contributed by atoms with Gasteiger partial charge in [-0.05, 0) is 18.2 Å². The lowest BCUT2D eigenvalue weighted by Crippen LogP contribution is -2.46. The van der Waals surface area contributed by atoms with E-state index in [1.807, 2.05) is 29.2 Å². The van der Waals surface area contributed by atoms with E-state index >= 15 is 0 Å². The van der Waals surface area contributed by atoms with E-state index in [1.165, 1.54) is 7.11 Å². The first-order chi connectivity index (χ1) is 9.67. The Balaban J connectivity index is 1.79. The van der Waals surface area contributed by atoms with Gasteiger partial charge >= 0.3 is 5.97 Å². The molecule has 1 heterocycles. The van der Waals surface area contributed by atoms with E-state index in [9.17, 15) is 4.79 Å². The van der Waals surface area contributed by atoms with Gasteiger partial charge in [-0.1, -0.05) is 22.0 Å². The van der Waals surface area contributed by atoms with E-state index in [0.29, 0.717) is 26.3 Å². The van der Waals surface area contributed by atoms with Crippen LogP contribution in [0.3, 0.4) is 0 Å². The molecule has 1 fully saturated rings. The molecule has 0 saturated carbocycles. The van der Waals surface area contributed by atoms with Crippen molar-refractivity contribution in [1.82, 2.24) is 4.90 Å². The van der Waals surface area contributed by atoms with Crippen molar-refractivity contribution in [3.63, 3.8) is 0 Å². The Morgan fingerprint density at radius 3 is 3.15 bits per heavy atom. The number of carbonyl (C=O) groups excluding carboxylic acids is 1. The Labute approximate surface area is 126 Å². The van der Waals surface area contributed by atoms with Crippen molar-refractivity contribution in [2.45, 2.75) is 6.10 Å². The first kappa shape index (κ1) is 15.3. The minimum Gasteiger partial charge on any atom is -0.491 e. The maximum atomic E-state index is 11.3. The van der Waals surface area contributed by atoms with Gasteiger partial charge in [0.15, 0.2) is 0 Å². The Hall–Kier alpha value is -1.11. The third-order valence-corrected chi connectivity index (χ3v) is 3.53. The number of halogens is 1. The average Bonchev–Trinajstić information content (AvgIpc) is 2.45. The van der Waals surface area contributed by atoms with Crippen molar-refractivity contribution >= 4 is 21.9 Å². The molecule has 20 heavy (non-hydrogen) atoms. The summed E-state index contributed by atoms with van der Waals surface area (Å²) in [7, 11) is 1.40. The van der Waals surface area contributed by atoms with Gasteiger partial charge in [-0.3, -0.25) is 9.69 Å². The fourth-order valence-corrected chi connectivity index (χ4v) is 2.40. The van der Waals surface area contributed by atoms with E-state index < -0.39 is 0 Å². The van der Waals surface area contributed by atoms with Crippen LogP contribution in [-0.2, 0) is 14.3 Å². The van der Waals surface area contributed by atoms with Crippen LogP contribution in [0.1, 0.15) is 0 Å². The first-order valence-corrected chi connectivity index (χ1v) is 7.26. The maximum Gasteiger partial charge on any atom is 0.319 e. The van der Waals surface area contributed by atoms with Crippen molar-refractivity contribution in [3.05, 3.63) is 28.7 Å². The first-order valence-electron chi connectivity index (χ1n) is 6.46. The van der Waals surface area contributed by atoms with Gasteiger partial charge in [-0.2, -0.15) is 0 Å². The topological polar surface area (TPSA) is 48.0 Å². The van der Waals surface area contributed by atoms with Gasteiger partial charge in [0.2, 0.25) is 0 Å². The van der Waals surface area contributed by atoms with Gasteiger partial charge in [0.1, 0.15) is 18.5 Å². The molecule has 5 nitrogen and oxygen atoms in total. The summed E-state index contributed by atoms with van der Waals surface area (Å²) in [4.78, 5) is 13.3. The predicted molar refractivity (Wildman–Crippen MR) is 77.8 cm³/mol. The highest BCUT2D eigenvalue weighted by Gasteiger charge is 2.22. The molecule has 0 amide bonds. The van der Waals surface area contributed by atoms with Gasteiger partial charge in [0.05, 0.1) is 20.3 Å². The molecule has 0 unspecified atom stereocenters. The molecule has 6 heteroatoms. The third-order valence-electron chi connectivity index (χ3n) is 3.04. The van der Waals surface area contributed by atoms with E-state index in [2.05, 4.69) is 20.7 Å². The summed E-state index contributed by atoms with van der Waals surface area (Å²) >= 11 is 3.40. The highest BCUT2D eigenvalue weighted by molar-refractivity contribution is 9.10. The number of hydrogen-bond donors (Lipinski definition) is 0. The number of morpholine rings is 1. The fraction of sp³-hybridized carbons (Fsp3) is 0.500. The zero-order valence-corrected chi connectivity index (χ0v) is 13.0. The molecular formula is C14H18BrNO4. The number of rotatable bonds is 5. The summed E-state index contributed by atoms with van der Waals surface area (Å²) < 4.78 is 17.0. The summed E-state index contributed by atoms with van der Waals surface area (Å²) in [5.41, 5.74) is 0. The summed E-state index contributed by atoms with van der Waals surface area (Å²) in [6, 6.07) is 7.68. The van der Waals surface area contributed by atoms with E-state index in [-0.39, 0.29) is 12.1 Å². The molecule has 1 aliphatic rings. The molecule has 1 aromatic carbocycles. The van der Waals surface area contributed by atoms with Crippen LogP contribution in [0.4, 0.5) is 0 Å². The molecule has 0 aromatic heterocycles. The van der Waals surface area contributed by atoms with Gasteiger partial charge in [0.25, 0.3) is 0 Å². The van der Waals surface area contributed by atoms with Crippen molar-refractivity contribution in [3.8, 4) is 5.75 Å². The minimum absolute atomic E-state index is 0.0348. The van der Waals surface area contributed by atoms with Gasteiger partial charge in [-0.25, -0.2) is 0 Å². The molecule has 0 N–H and O–H groups in total. The second-order valence-electron chi connectivity index (χ2n) is 4.57. The van der Waals surface area contributed by atoms with Crippen LogP contribution in [0.25, 0.3) is 0 Å². The molecule has 0 spiro atoms. The molecule has 0 bridgehead atoms. The van der Waals surface area contributed by atoms with Gasteiger partial charge in [0, 0.05) is 17.6 Å². The molecule has 0 aliphatic carbocycles. The predicted octanol–water partition coefficient (Wildman–Crippen LogP) is 1.70. The SMILES string of the molecule is COC(=O)CN1CCO[C@@H](COc2cccc(Br)c2)C1.